The van der Waals surface area contributed by atoms with E-state index < -0.39 is 0 Å². The van der Waals surface area contributed by atoms with E-state index in [-0.39, 0.29) is 5.82 Å². The van der Waals surface area contributed by atoms with Crippen molar-refractivity contribution in [1.82, 2.24) is 10.6 Å². The summed E-state index contributed by atoms with van der Waals surface area (Å²) in [4.78, 5) is 6.67. The van der Waals surface area contributed by atoms with Crippen molar-refractivity contribution in [1.29, 1.82) is 0 Å². The zero-order valence-electron chi connectivity index (χ0n) is 14.9. The van der Waals surface area contributed by atoms with Crippen molar-refractivity contribution in [3.05, 3.63) is 64.4 Å². The van der Waals surface area contributed by atoms with Crippen LogP contribution in [0.25, 0.3) is 0 Å². The molecule has 0 aliphatic carbocycles. The number of nitrogens with one attached hydrogen (secondary N) is 2. The van der Waals surface area contributed by atoms with E-state index in [0.717, 1.165) is 42.1 Å². The van der Waals surface area contributed by atoms with Crippen LogP contribution in [0.15, 0.2) is 58.0 Å². The van der Waals surface area contributed by atoms with Gasteiger partial charge in [0.05, 0.1) is 0 Å². The van der Waals surface area contributed by atoms with E-state index in [4.69, 9.17) is 0 Å². The Hall–Kier alpha value is -2.08. The highest BCUT2D eigenvalue weighted by Gasteiger charge is 2.22. The third kappa shape index (κ3) is 5.21. The number of anilines is 1. The largest absolute Gasteiger partial charge is 0.371 e. The highest BCUT2D eigenvalue weighted by Crippen LogP contribution is 2.25. The van der Waals surface area contributed by atoms with E-state index in [2.05, 4.69) is 54.7 Å². The molecule has 0 aromatic heterocycles. The molecule has 1 saturated heterocycles. The minimum atomic E-state index is -0.217. The van der Waals surface area contributed by atoms with Gasteiger partial charge in [-0.25, -0.2) is 4.39 Å². The van der Waals surface area contributed by atoms with E-state index in [1.165, 1.54) is 17.8 Å². The van der Waals surface area contributed by atoms with Crippen molar-refractivity contribution in [3.63, 3.8) is 0 Å². The molecule has 2 N–H and O–H groups in total. The first kappa shape index (κ1) is 18.7. The summed E-state index contributed by atoms with van der Waals surface area (Å²) in [5.74, 6) is 1.10. The van der Waals surface area contributed by atoms with E-state index in [1.807, 2.05) is 12.1 Å². The van der Waals surface area contributed by atoms with Crippen LogP contribution >= 0.6 is 15.9 Å². The van der Waals surface area contributed by atoms with E-state index >= 15 is 0 Å². The Morgan fingerprint density at radius 3 is 2.85 bits per heavy atom. The van der Waals surface area contributed by atoms with Gasteiger partial charge in [0.1, 0.15) is 5.82 Å². The second-order valence-corrected chi connectivity index (χ2v) is 7.43. The van der Waals surface area contributed by atoms with Crippen molar-refractivity contribution in [2.24, 2.45) is 10.9 Å². The van der Waals surface area contributed by atoms with Crippen molar-refractivity contribution in [3.8, 4) is 0 Å². The summed E-state index contributed by atoms with van der Waals surface area (Å²) < 4.78 is 14.4. The van der Waals surface area contributed by atoms with Gasteiger partial charge in [-0.3, -0.25) is 4.99 Å². The SMILES string of the molecule is CN=C(NCc1cccc(F)c1)NCC1CCN(c2cccc(Br)c2)C1. The van der Waals surface area contributed by atoms with Gasteiger partial charge in [0, 0.05) is 43.4 Å². The lowest BCUT2D eigenvalue weighted by atomic mass is 10.1. The number of aliphatic imine (C=N–C) groups is 1. The van der Waals surface area contributed by atoms with E-state index in [1.54, 1.807) is 13.1 Å². The molecule has 1 atom stereocenters. The molecule has 6 heteroatoms. The molecule has 1 fully saturated rings. The van der Waals surface area contributed by atoms with Crippen molar-refractivity contribution in [2.75, 3.05) is 31.6 Å². The average molecular weight is 419 g/mol. The normalized spacial score (nSPS) is 17.4. The van der Waals surface area contributed by atoms with Crippen LogP contribution in [-0.4, -0.2) is 32.6 Å². The van der Waals surface area contributed by atoms with Gasteiger partial charge < -0.3 is 15.5 Å². The Bertz CT molecular complexity index is 765. The minimum absolute atomic E-state index is 0.217. The first-order chi connectivity index (χ1) is 12.6. The lowest BCUT2D eigenvalue weighted by Crippen LogP contribution is -2.39. The highest BCUT2D eigenvalue weighted by molar-refractivity contribution is 9.10. The monoisotopic (exact) mass is 418 g/mol. The second kappa shape index (κ2) is 9.03. The topological polar surface area (TPSA) is 39.7 Å². The summed E-state index contributed by atoms with van der Waals surface area (Å²) >= 11 is 3.54. The Kier molecular flexibility index (Phi) is 6.50. The molecule has 0 spiro atoms. The molecule has 1 aliphatic rings. The fourth-order valence-corrected chi connectivity index (χ4v) is 3.59. The molecule has 0 radical (unpaired) electrons. The van der Waals surface area contributed by atoms with Crippen molar-refractivity contribution < 1.29 is 4.39 Å². The van der Waals surface area contributed by atoms with Crippen LogP contribution in [0.1, 0.15) is 12.0 Å². The Morgan fingerprint density at radius 1 is 1.23 bits per heavy atom. The standard InChI is InChI=1S/C20H24BrFN4/c1-23-20(24-12-15-4-2-6-18(22)10-15)25-13-16-8-9-26(14-16)19-7-3-5-17(21)11-19/h2-7,10-11,16H,8-9,12-14H2,1H3,(H2,23,24,25). The van der Waals surface area contributed by atoms with Gasteiger partial charge in [0.25, 0.3) is 0 Å². The fourth-order valence-electron chi connectivity index (χ4n) is 3.20. The van der Waals surface area contributed by atoms with Gasteiger partial charge in [0.15, 0.2) is 5.96 Å². The molecule has 3 rings (SSSR count). The quantitative estimate of drug-likeness (QED) is 0.573. The molecular formula is C20H24BrFN4. The fraction of sp³-hybridized carbons (Fsp3) is 0.350. The zero-order chi connectivity index (χ0) is 18.4. The van der Waals surface area contributed by atoms with E-state index in [9.17, 15) is 4.39 Å². The number of hydrogen-bond acceptors (Lipinski definition) is 2. The number of benzene rings is 2. The van der Waals surface area contributed by atoms with Gasteiger partial charge >= 0.3 is 0 Å². The third-order valence-electron chi connectivity index (χ3n) is 4.59. The van der Waals surface area contributed by atoms with Crippen molar-refractivity contribution >= 4 is 27.6 Å². The third-order valence-corrected chi connectivity index (χ3v) is 5.08. The summed E-state index contributed by atoms with van der Waals surface area (Å²) in [5, 5.41) is 6.63. The molecule has 2 aromatic carbocycles. The molecular weight excluding hydrogens is 395 g/mol. The molecule has 2 aromatic rings. The summed E-state index contributed by atoms with van der Waals surface area (Å²) in [6.45, 7) is 3.52. The molecule has 1 heterocycles. The Morgan fingerprint density at radius 2 is 2.08 bits per heavy atom. The summed E-state index contributed by atoms with van der Waals surface area (Å²) in [6.07, 6.45) is 1.15. The number of hydrogen-bond donors (Lipinski definition) is 2. The molecule has 4 nitrogen and oxygen atoms in total. The summed E-state index contributed by atoms with van der Waals surface area (Å²) in [6, 6.07) is 15.0. The van der Waals surface area contributed by atoms with Gasteiger partial charge in [-0.05, 0) is 48.2 Å². The van der Waals surface area contributed by atoms with Crippen LogP contribution in [0, 0.1) is 11.7 Å². The molecule has 0 amide bonds. The molecule has 138 valence electrons. The maximum Gasteiger partial charge on any atom is 0.191 e. The molecule has 1 unspecified atom stereocenters. The maximum absolute atomic E-state index is 13.2. The van der Waals surface area contributed by atoms with Gasteiger partial charge in [-0.2, -0.15) is 0 Å². The average Bonchev–Trinajstić information content (AvgIpc) is 3.11. The Labute approximate surface area is 162 Å². The summed E-state index contributed by atoms with van der Waals surface area (Å²) in [7, 11) is 1.75. The lowest BCUT2D eigenvalue weighted by molar-refractivity contribution is 0.565. The second-order valence-electron chi connectivity index (χ2n) is 6.52. The number of nitrogens with zero attached hydrogens (tertiary/aromatic N) is 2. The molecule has 26 heavy (non-hydrogen) atoms. The molecule has 0 saturated carbocycles. The molecule has 1 aliphatic heterocycles. The first-order valence-electron chi connectivity index (χ1n) is 8.83. The van der Waals surface area contributed by atoms with Crippen LogP contribution in [0.5, 0.6) is 0 Å². The van der Waals surface area contributed by atoms with Crippen LogP contribution < -0.4 is 15.5 Å². The van der Waals surface area contributed by atoms with Crippen LogP contribution in [-0.2, 0) is 6.54 Å². The smallest absolute Gasteiger partial charge is 0.191 e. The van der Waals surface area contributed by atoms with Crippen LogP contribution in [0.3, 0.4) is 0 Å². The Balaban J connectivity index is 1.46. The predicted molar refractivity (Wildman–Crippen MR) is 109 cm³/mol. The van der Waals surface area contributed by atoms with E-state index in [0.29, 0.717) is 12.5 Å². The number of halogens is 2. The number of rotatable bonds is 5. The van der Waals surface area contributed by atoms with Crippen LogP contribution in [0.2, 0.25) is 0 Å². The van der Waals surface area contributed by atoms with Gasteiger partial charge in [-0.15, -0.1) is 0 Å². The van der Waals surface area contributed by atoms with Gasteiger partial charge in [-0.1, -0.05) is 34.1 Å². The predicted octanol–water partition coefficient (Wildman–Crippen LogP) is 3.78. The molecule has 0 bridgehead atoms. The summed E-state index contributed by atoms with van der Waals surface area (Å²) in [5.41, 5.74) is 2.16. The maximum atomic E-state index is 13.2. The van der Waals surface area contributed by atoms with Crippen LogP contribution in [0.4, 0.5) is 10.1 Å². The minimum Gasteiger partial charge on any atom is -0.371 e. The lowest BCUT2D eigenvalue weighted by Gasteiger charge is -2.19. The van der Waals surface area contributed by atoms with Gasteiger partial charge in [0.2, 0.25) is 0 Å². The van der Waals surface area contributed by atoms with Crippen molar-refractivity contribution in [2.45, 2.75) is 13.0 Å². The number of guanidine groups is 1. The zero-order valence-corrected chi connectivity index (χ0v) is 16.5. The highest BCUT2D eigenvalue weighted by atomic mass is 79.9. The first-order valence-corrected chi connectivity index (χ1v) is 9.63.